The first kappa shape index (κ1) is 14.3. The molecule has 1 aliphatic heterocycles. The molecular formula is C12H24N2O3. The largest absolute Gasteiger partial charge is 0.396 e. The van der Waals surface area contributed by atoms with E-state index in [0.29, 0.717) is 13.2 Å². The fourth-order valence-electron chi connectivity index (χ4n) is 1.96. The maximum atomic E-state index is 12.0. The molecule has 1 rings (SSSR count). The number of ether oxygens (including phenoxy) is 1. The Balaban J connectivity index is 2.39. The number of carbonyl (C=O) groups is 1. The zero-order valence-electron chi connectivity index (χ0n) is 10.8. The Morgan fingerprint density at radius 1 is 1.59 bits per heavy atom. The molecule has 0 spiro atoms. The summed E-state index contributed by atoms with van der Waals surface area (Å²) in [5, 5.41) is 11.7. The third-order valence-corrected chi connectivity index (χ3v) is 3.11. The second kappa shape index (κ2) is 7.50. The third-order valence-electron chi connectivity index (χ3n) is 3.11. The van der Waals surface area contributed by atoms with Gasteiger partial charge in [-0.1, -0.05) is 0 Å². The first-order valence-corrected chi connectivity index (χ1v) is 6.41. The van der Waals surface area contributed by atoms with Crippen molar-refractivity contribution < 1.29 is 14.6 Å². The highest BCUT2D eigenvalue weighted by Crippen LogP contribution is 2.09. The van der Waals surface area contributed by atoms with Gasteiger partial charge in [-0.3, -0.25) is 0 Å². The Morgan fingerprint density at radius 3 is 3.06 bits per heavy atom. The van der Waals surface area contributed by atoms with Crippen LogP contribution < -0.4 is 5.32 Å². The predicted molar refractivity (Wildman–Crippen MR) is 65.9 cm³/mol. The van der Waals surface area contributed by atoms with E-state index in [-0.39, 0.29) is 24.7 Å². The second-order valence-corrected chi connectivity index (χ2v) is 4.66. The lowest BCUT2D eigenvalue weighted by Gasteiger charge is -2.28. The van der Waals surface area contributed by atoms with E-state index in [0.717, 1.165) is 25.9 Å². The average molecular weight is 244 g/mol. The molecule has 0 aromatic rings. The maximum Gasteiger partial charge on any atom is 0.317 e. The Bertz CT molecular complexity index is 236. The zero-order valence-corrected chi connectivity index (χ0v) is 10.8. The van der Waals surface area contributed by atoms with Gasteiger partial charge in [-0.2, -0.15) is 0 Å². The molecule has 0 radical (unpaired) electrons. The van der Waals surface area contributed by atoms with Crippen LogP contribution in [0.3, 0.4) is 0 Å². The van der Waals surface area contributed by atoms with Crippen LogP contribution in [0.25, 0.3) is 0 Å². The van der Waals surface area contributed by atoms with Crippen molar-refractivity contribution in [2.75, 3.05) is 26.4 Å². The number of hydrogen-bond donors (Lipinski definition) is 2. The van der Waals surface area contributed by atoms with Crippen molar-refractivity contribution in [3.8, 4) is 0 Å². The summed E-state index contributed by atoms with van der Waals surface area (Å²) in [6.07, 6.45) is 2.42. The number of aliphatic hydroxyl groups is 1. The molecule has 17 heavy (non-hydrogen) atoms. The van der Waals surface area contributed by atoms with E-state index < -0.39 is 0 Å². The van der Waals surface area contributed by atoms with Gasteiger partial charge in [0.15, 0.2) is 0 Å². The van der Waals surface area contributed by atoms with Crippen LogP contribution in [0.5, 0.6) is 0 Å². The first-order valence-electron chi connectivity index (χ1n) is 6.41. The lowest BCUT2D eigenvalue weighted by molar-refractivity contribution is 0.141. The third kappa shape index (κ3) is 4.91. The van der Waals surface area contributed by atoms with Gasteiger partial charge < -0.3 is 20.1 Å². The van der Waals surface area contributed by atoms with E-state index in [4.69, 9.17) is 9.84 Å². The first-order chi connectivity index (χ1) is 8.15. The summed E-state index contributed by atoms with van der Waals surface area (Å²) in [6, 6.07) is 0.307. The van der Waals surface area contributed by atoms with Crippen molar-refractivity contribution in [3.63, 3.8) is 0 Å². The van der Waals surface area contributed by atoms with Gasteiger partial charge in [0, 0.05) is 31.8 Å². The molecule has 1 saturated heterocycles. The highest BCUT2D eigenvalue weighted by Gasteiger charge is 2.22. The number of urea groups is 1. The molecule has 2 amide bonds. The van der Waals surface area contributed by atoms with E-state index in [1.54, 1.807) is 0 Å². The highest BCUT2D eigenvalue weighted by molar-refractivity contribution is 5.74. The Kier molecular flexibility index (Phi) is 6.29. The van der Waals surface area contributed by atoms with E-state index in [1.807, 2.05) is 18.7 Å². The SMILES string of the molecule is CC(CCCO)NC(=O)N1CCOCCC1C. The van der Waals surface area contributed by atoms with E-state index in [1.165, 1.54) is 0 Å². The number of nitrogens with one attached hydrogen (secondary N) is 1. The smallest absolute Gasteiger partial charge is 0.317 e. The molecule has 2 unspecified atom stereocenters. The van der Waals surface area contributed by atoms with Crippen LogP contribution in [0.1, 0.15) is 33.1 Å². The van der Waals surface area contributed by atoms with Crippen LogP contribution in [0, 0.1) is 0 Å². The molecule has 0 aromatic heterocycles. The van der Waals surface area contributed by atoms with Crippen LogP contribution in [0.4, 0.5) is 4.79 Å². The molecule has 100 valence electrons. The fraction of sp³-hybridized carbons (Fsp3) is 0.917. The van der Waals surface area contributed by atoms with Gasteiger partial charge in [-0.05, 0) is 33.1 Å². The van der Waals surface area contributed by atoms with E-state index in [9.17, 15) is 4.79 Å². The van der Waals surface area contributed by atoms with Crippen LogP contribution in [-0.2, 0) is 4.74 Å². The number of rotatable bonds is 4. The van der Waals surface area contributed by atoms with E-state index in [2.05, 4.69) is 5.32 Å². The minimum Gasteiger partial charge on any atom is -0.396 e. The minimum absolute atomic E-state index is 0.0200. The number of carbonyl (C=O) groups excluding carboxylic acids is 1. The normalized spacial score (nSPS) is 23.0. The molecule has 0 aliphatic carbocycles. The average Bonchev–Trinajstić information content (AvgIpc) is 2.51. The van der Waals surface area contributed by atoms with Gasteiger partial charge in [0.05, 0.1) is 6.61 Å². The van der Waals surface area contributed by atoms with Crippen LogP contribution in [-0.4, -0.2) is 54.5 Å². The van der Waals surface area contributed by atoms with Crippen molar-refractivity contribution in [1.82, 2.24) is 10.2 Å². The molecule has 0 saturated carbocycles. The number of amides is 2. The lowest BCUT2D eigenvalue weighted by atomic mass is 10.2. The van der Waals surface area contributed by atoms with Crippen LogP contribution in [0.2, 0.25) is 0 Å². The van der Waals surface area contributed by atoms with Crippen molar-refractivity contribution in [2.45, 2.75) is 45.2 Å². The molecule has 0 aromatic carbocycles. The standard InChI is InChI=1S/C12H24N2O3/c1-10(4-3-7-15)13-12(16)14-6-9-17-8-5-11(14)2/h10-11,15H,3-9H2,1-2H3,(H,13,16). The fourth-order valence-corrected chi connectivity index (χ4v) is 1.96. The summed E-state index contributed by atoms with van der Waals surface area (Å²) in [4.78, 5) is 13.9. The highest BCUT2D eigenvalue weighted by atomic mass is 16.5. The van der Waals surface area contributed by atoms with Crippen LogP contribution >= 0.6 is 0 Å². The molecule has 1 fully saturated rings. The van der Waals surface area contributed by atoms with Gasteiger partial charge in [0.25, 0.3) is 0 Å². The zero-order chi connectivity index (χ0) is 12.7. The summed E-state index contributed by atoms with van der Waals surface area (Å²) >= 11 is 0. The Morgan fingerprint density at radius 2 is 2.35 bits per heavy atom. The van der Waals surface area contributed by atoms with Gasteiger partial charge in [0.2, 0.25) is 0 Å². The maximum absolute atomic E-state index is 12.0. The number of hydrogen-bond acceptors (Lipinski definition) is 3. The lowest BCUT2D eigenvalue weighted by Crippen LogP contribution is -2.48. The molecule has 2 N–H and O–H groups in total. The summed E-state index contributed by atoms with van der Waals surface area (Å²) in [5.74, 6) is 0. The van der Waals surface area contributed by atoms with Crippen LogP contribution in [0.15, 0.2) is 0 Å². The molecule has 5 nitrogen and oxygen atoms in total. The summed E-state index contributed by atoms with van der Waals surface area (Å²) in [5.41, 5.74) is 0. The Hall–Kier alpha value is -0.810. The van der Waals surface area contributed by atoms with Gasteiger partial charge >= 0.3 is 6.03 Å². The molecule has 0 bridgehead atoms. The van der Waals surface area contributed by atoms with Crippen molar-refractivity contribution in [3.05, 3.63) is 0 Å². The number of aliphatic hydroxyl groups excluding tert-OH is 1. The van der Waals surface area contributed by atoms with Gasteiger partial charge in [-0.25, -0.2) is 4.79 Å². The summed E-state index contributed by atoms with van der Waals surface area (Å²) in [7, 11) is 0. The van der Waals surface area contributed by atoms with Gasteiger partial charge in [0.1, 0.15) is 0 Å². The quantitative estimate of drug-likeness (QED) is 0.774. The monoisotopic (exact) mass is 244 g/mol. The molecule has 5 heteroatoms. The van der Waals surface area contributed by atoms with E-state index >= 15 is 0 Å². The topological polar surface area (TPSA) is 61.8 Å². The van der Waals surface area contributed by atoms with Crippen molar-refractivity contribution >= 4 is 6.03 Å². The molecule has 1 heterocycles. The minimum atomic E-state index is -0.0200. The predicted octanol–water partition coefficient (Wildman–Crippen LogP) is 0.968. The molecular weight excluding hydrogens is 220 g/mol. The molecule has 1 aliphatic rings. The second-order valence-electron chi connectivity index (χ2n) is 4.66. The summed E-state index contributed by atoms with van der Waals surface area (Å²) < 4.78 is 5.36. The Labute approximate surface area is 103 Å². The van der Waals surface area contributed by atoms with Gasteiger partial charge in [-0.15, -0.1) is 0 Å². The van der Waals surface area contributed by atoms with Crippen molar-refractivity contribution in [2.24, 2.45) is 0 Å². The molecule has 2 atom stereocenters. The number of nitrogens with zero attached hydrogens (tertiary/aromatic N) is 1. The summed E-state index contributed by atoms with van der Waals surface area (Å²) in [6.45, 7) is 6.18. The van der Waals surface area contributed by atoms with Crippen molar-refractivity contribution in [1.29, 1.82) is 0 Å².